The molecule has 4 unspecified atom stereocenters. The van der Waals surface area contributed by atoms with Crippen molar-refractivity contribution in [2.45, 2.75) is 80.7 Å². The van der Waals surface area contributed by atoms with E-state index in [-0.39, 0.29) is 55.2 Å². The molecular formula is C40H50N9O19P3S. The number of rotatable bonds is 22. The van der Waals surface area contributed by atoms with Crippen LogP contribution in [0.15, 0.2) is 66.1 Å². The molecule has 3 aliphatic heterocycles. The number of amides is 5. The molecule has 2 aromatic heterocycles. The summed E-state index contributed by atoms with van der Waals surface area (Å²) < 4.78 is 62.7. The molecule has 0 radical (unpaired) electrons. The van der Waals surface area contributed by atoms with Crippen molar-refractivity contribution in [2.75, 3.05) is 37.8 Å². The third kappa shape index (κ3) is 13.0. The first-order valence-corrected chi connectivity index (χ1v) is 27.2. The third-order valence-electron chi connectivity index (χ3n) is 11.5. The van der Waals surface area contributed by atoms with E-state index in [1.807, 2.05) is 36.4 Å². The highest BCUT2D eigenvalue weighted by molar-refractivity contribution is 7.99. The number of carbonyl (C=O) groups excluding carboxylic acids is 5. The Kier molecular flexibility index (Phi) is 16.9. The van der Waals surface area contributed by atoms with Crippen LogP contribution in [-0.4, -0.2) is 146 Å². The molecule has 0 aliphatic carbocycles. The van der Waals surface area contributed by atoms with Crippen molar-refractivity contribution < 1.29 is 90.1 Å². The molecule has 32 heteroatoms. The van der Waals surface area contributed by atoms with Gasteiger partial charge < -0.3 is 55.8 Å². The van der Waals surface area contributed by atoms with Crippen molar-refractivity contribution in [1.29, 1.82) is 0 Å². The molecule has 5 amide bonds. The summed E-state index contributed by atoms with van der Waals surface area (Å²) in [6.45, 7) is 0.407. The standard InChI is InChI=1S/C40H50N9O19P3S/c1-40(2,18-65-71(62,63)68-70(60,61)64-17-26-32(67-69(57,58)59)31(52)39(66-26)48-20-46-29-34(41)44-19-45-35(29)48)33(53)37(55)43-13-12-27(50)42-14-15-72-22-8-9-23-24(16-22)30(21-6-4-3-5-7-21)49(38(23)56)25-10-11-28(51)47-36(25)54/h3-9,16,19-20,25-26,30-33,39,52-53H,10-15,17-18H2,1-2H3,(H,42,50)(H,43,55)(H,60,61)(H,62,63)(H2,41,44,45)(H,47,51,54)(H2,57,58,59)/t25?,26-,30?,31-,32-,33+,39-/m1/s1. The number of piperidine rings is 1. The first-order valence-electron chi connectivity index (χ1n) is 21.7. The number of fused-ring (bicyclic) bond motifs is 2. The van der Waals surface area contributed by atoms with Crippen LogP contribution in [0.3, 0.4) is 0 Å². The molecular weight excluding hydrogens is 1040 g/mol. The molecule has 3 aliphatic rings. The van der Waals surface area contributed by atoms with E-state index in [1.54, 1.807) is 12.1 Å². The SMILES string of the molecule is CC(C)(COP(=O)(O)OP(=O)(O)OC[C@H]1O[C@@H](n2cnc3c(N)ncnc32)[C@H](O)[C@@H]1OP(=O)(O)O)[C@@H](O)C(=O)NCCC(=O)NCCSc1ccc2c(c1)C(c1ccccc1)N(C1CCC(=O)NC1=O)C2=O. The number of nitrogen functional groups attached to an aromatic ring is 1. The number of phosphoric acid groups is 3. The lowest BCUT2D eigenvalue weighted by atomic mass is 9.87. The van der Waals surface area contributed by atoms with Gasteiger partial charge in [0.25, 0.3) is 5.91 Å². The average Bonchev–Trinajstić information content (AvgIpc) is 3.96. The predicted octanol–water partition coefficient (Wildman–Crippen LogP) is 0.548. The largest absolute Gasteiger partial charge is 0.481 e. The zero-order chi connectivity index (χ0) is 52.3. The zero-order valence-corrected chi connectivity index (χ0v) is 41.5. The van der Waals surface area contributed by atoms with Crippen molar-refractivity contribution in [1.82, 2.24) is 40.4 Å². The molecule has 0 saturated carbocycles. The third-order valence-corrected chi connectivity index (χ3v) is 15.6. The highest BCUT2D eigenvalue weighted by Crippen LogP contribution is 2.61. The van der Waals surface area contributed by atoms with Gasteiger partial charge in [-0.1, -0.05) is 44.2 Å². The van der Waals surface area contributed by atoms with E-state index in [1.165, 1.54) is 30.5 Å². The van der Waals surface area contributed by atoms with Crippen LogP contribution < -0.4 is 21.7 Å². The molecule has 11 N–H and O–H groups in total. The van der Waals surface area contributed by atoms with Crippen LogP contribution in [0.2, 0.25) is 0 Å². The Labute approximate surface area is 412 Å². The summed E-state index contributed by atoms with van der Waals surface area (Å²) in [5, 5.41) is 29.1. The monoisotopic (exact) mass is 1090 g/mol. The number of hydrogen-bond donors (Lipinski definition) is 10. The number of nitrogens with two attached hydrogens (primary N) is 1. The number of nitrogens with zero attached hydrogens (tertiary/aromatic N) is 5. The summed E-state index contributed by atoms with van der Waals surface area (Å²) in [4.78, 5) is 118. The van der Waals surface area contributed by atoms with Gasteiger partial charge in [-0.05, 0) is 35.7 Å². The second-order valence-electron chi connectivity index (χ2n) is 17.2. The lowest BCUT2D eigenvalue weighted by Crippen LogP contribution is -2.53. The summed E-state index contributed by atoms with van der Waals surface area (Å²) >= 11 is 1.40. The fourth-order valence-corrected chi connectivity index (χ4v) is 11.6. The van der Waals surface area contributed by atoms with Gasteiger partial charge >= 0.3 is 23.5 Å². The smallest absolute Gasteiger partial charge is 0.386 e. The number of benzene rings is 2. The lowest BCUT2D eigenvalue weighted by Gasteiger charge is -2.34. The first-order chi connectivity index (χ1) is 33.8. The van der Waals surface area contributed by atoms with Crippen LogP contribution in [-0.2, 0) is 55.5 Å². The Hall–Kier alpha value is -5.06. The van der Waals surface area contributed by atoms with E-state index in [4.69, 9.17) is 19.5 Å². The zero-order valence-electron chi connectivity index (χ0n) is 38.0. The maximum Gasteiger partial charge on any atom is 0.481 e. The van der Waals surface area contributed by atoms with Gasteiger partial charge in [-0.15, -0.1) is 11.8 Å². The van der Waals surface area contributed by atoms with Crippen LogP contribution in [0, 0.1) is 5.41 Å². The van der Waals surface area contributed by atoms with E-state index < -0.39 is 108 Å². The van der Waals surface area contributed by atoms with Crippen LogP contribution >= 0.6 is 35.2 Å². The van der Waals surface area contributed by atoms with E-state index in [9.17, 15) is 67.5 Å². The number of phosphoric ester groups is 3. The Morgan fingerprint density at radius 1 is 1.00 bits per heavy atom. The summed E-state index contributed by atoms with van der Waals surface area (Å²) in [5.41, 5.74) is 6.14. The molecule has 4 aromatic rings. The number of anilines is 1. The fraction of sp³-hybridized carbons (Fsp3) is 0.450. The van der Waals surface area contributed by atoms with Crippen molar-refractivity contribution in [3.05, 3.63) is 77.9 Å². The van der Waals surface area contributed by atoms with Crippen molar-refractivity contribution in [3.8, 4) is 0 Å². The number of imidazole rings is 1. The Balaban J connectivity index is 0.842. The predicted molar refractivity (Wildman–Crippen MR) is 247 cm³/mol. The molecule has 28 nitrogen and oxygen atoms in total. The van der Waals surface area contributed by atoms with Gasteiger partial charge in [0.1, 0.15) is 42.3 Å². The number of aliphatic hydroxyl groups excluding tert-OH is 2. The van der Waals surface area contributed by atoms with Crippen molar-refractivity contribution >= 4 is 81.7 Å². The summed E-state index contributed by atoms with van der Waals surface area (Å²) in [7, 11) is -16.5. The molecule has 5 heterocycles. The van der Waals surface area contributed by atoms with Crippen LogP contribution in [0.1, 0.15) is 66.9 Å². The quantitative estimate of drug-likeness (QED) is 0.0222. The number of carbonyl (C=O) groups is 5. The Morgan fingerprint density at radius 3 is 2.43 bits per heavy atom. The van der Waals surface area contributed by atoms with Gasteiger partial charge in [0.05, 0.1) is 25.6 Å². The van der Waals surface area contributed by atoms with Crippen LogP contribution in [0.25, 0.3) is 11.2 Å². The second-order valence-corrected chi connectivity index (χ2v) is 22.6. The fourth-order valence-electron chi connectivity index (χ4n) is 8.00. The van der Waals surface area contributed by atoms with E-state index in [2.05, 4.69) is 39.7 Å². The molecule has 2 fully saturated rings. The number of imide groups is 1. The van der Waals surface area contributed by atoms with E-state index in [0.29, 0.717) is 16.9 Å². The van der Waals surface area contributed by atoms with Crippen molar-refractivity contribution in [3.63, 3.8) is 0 Å². The Morgan fingerprint density at radius 2 is 1.72 bits per heavy atom. The normalized spacial score (nSPS) is 23.6. The number of ether oxygens (including phenoxy) is 1. The van der Waals surface area contributed by atoms with Crippen molar-refractivity contribution in [2.24, 2.45) is 5.41 Å². The highest BCUT2D eigenvalue weighted by atomic mass is 32.2. The van der Waals surface area contributed by atoms with E-state index in [0.717, 1.165) is 27.7 Å². The first kappa shape index (κ1) is 54.7. The van der Waals surface area contributed by atoms with Gasteiger partial charge in [-0.3, -0.25) is 47.4 Å². The number of aliphatic hydroxyl groups is 2. The molecule has 7 rings (SSSR count). The minimum absolute atomic E-state index is 0.0197. The van der Waals surface area contributed by atoms with Crippen LogP contribution in [0.5, 0.6) is 0 Å². The van der Waals surface area contributed by atoms with Gasteiger partial charge in [0, 0.05) is 47.6 Å². The summed E-state index contributed by atoms with van der Waals surface area (Å²) in [6, 6.07) is 13.1. The number of nitrogens with one attached hydrogen (secondary N) is 3. The molecule has 2 aromatic carbocycles. The van der Waals surface area contributed by atoms with Gasteiger partial charge in [-0.2, -0.15) is 4.31 Å². The molecule has 390 valence electrons. The molecule has 0 spiro atoms. The topological polar surface area (TPSA) is 413 Å². The average molecular weight is 1090 g/mol. The number of hydrogen-bond acceptors (Lipinski definition) is 20. The van der Waals surface area contributed by atoms with Gasteiger partial charge in [0.15, 0.2) is 17.7 Å². The summed E-state index contributed by atoms with van der Waals surface area (Å²) in [6.07, 6.45) is -6.78. The van der Waals surface area contributed by atoms with E-state index >= 15 is 0 Å². The van der Waals surface area contributed by atoms with Gasteiger partial charge in [-0.25, -0.2) is 28.6 Å². The number of aromatic nitrogens is 4. The maximum atomic E-state index is 13.7. The minimum atomic E-state index is -5.61. The Bertz CT molecular complexity index is 2860. The summed E-state index contributed by atoms with van der Waals surface area (Å²) in [5.74, 6) is -2.34. The van der Waals surface area contributed by atoms with Gasteiger partial charge in [0.2, 0.25) is 23.6 Å². The minimum Gasteiger partial charge on any atom is -0.386 e. The lowest BCUT2D eigenvalue weighted by molar-refractivity contribution is -0.138. The highest BCUT2D eigenvalue weighted by Gasteiger charge is 2.51. The molecule has 2 saturated heterocycles. The molecule has 0 bridgehead atoms. The molecule has 9 atom stereocenters. The maximum absolute atomic E-state index is 13.7. The number of thioether (sulfide) groups is 1. The second kappa shape index (κ2) is 22.2. The van der Waals surface area contributed by atoms with Crippen LogP contribution in [0.4, 0.5) is 5.82 Å². The molecule has 72 heavy (non-hydrogen) atoms.